The zero-order valence-electron chi connectivity index (χ0n) is 6.03. The van der Waals surface area contributed by atoms with Crippen molar-refractivity contribution < 1.29 is 0 Å². The summed E-state index contributed by atoms with van der Waals surface area (Å²) in [6, 6.07) is 1.87. The van der Waals surface area contributed by atoms with Crippen LogP contribution in [0.5, 0.6) is 0 Å². The van der Waals surface area contributed by atoms with E-state index in [1.54, 1.807) is 6.20 Å². The molecule has 0 aromatic carbocycles. The van der Waals surface area contributed by atoms with Crippen molar-refractivity contribution in [1.29, 1.82) is 5.41 Å². The monoisotopic (exact) mass is 170 g/mol. The van der Waals surface area contributed by atoms with Crippen molar-refractivity contribution in [3.05, 3.63) is 18.5 Å². The molecule has 0 aliphatic heterocycles. The minimum absolute atomic E-state index is 0.164. The van der Waals surface area contributed by atoms with Crippen LogP contribution in [0.1, 0.15) is 0 Å². The lowest BCUT2D eigenvalue weighted by atomic mass is 10.7. The van der Waals surface area contributed by atoms with Crippen LogP contribution >= 0.6 is 11.8 Å². The van der Waals surface area contributed by atoms with Crippen molar-refractivity contribution in [2.75, 3.05) is 5.75 Å². The summed E-state index contributed by atoms with van der Waals surface area (Å²) in [5, 5.41) is 11.1. The van der Waals surface area contributed by atoms with Gasteiger partial charge in [0.25, 0.3) is 0 Å². The number of hydrogen-bond acceptors (Lipinski definition) is 3. The highest BCUT2D eigenvalue weighted by Gasteiger charge is 1.92. The molecule has 0 bridgehead atoms. The molecule has 5 heteroatoms. The van der Waals surface area contributed by atoms with E-state index in [0.29, 0.717) is 0 Å². The summed E-state index contributed by atoms with van der Waals surface area (Å²) in [4.78, 5) is 0. The van der Waals surface area contributed by atoms with Crippen molar-refractivity contribution >= 4 is 16.9 Å². The lowest BCUT2D eigenvalue weighted by molar-refractivity contribution is 0.667. The summed E-state index contributed by atoms with van der Waals surface area (Å²) in [7, 11) is 0. The van der Waals surface area contributed by atoms with E-state index in [1.807, 2.05) is 16.9 Å². The highest BCUT2D eigenvalue weighted by molar-refractivity contribution is 8.13. The molecule has 3 N–H and O–H groups in total. The van der Waals surface area contributed by atoms with Crippen LogP contribution in [0.3, 0.4) is 0 Å². The summed E-state index contributed by atoms with van der Waals surface area (Å²) in [5.41, 5.74) is 5.15. The number of rotatable bonds is 3. The molecule has 0 spiro atoms. The third kappa shape index (κ3) is 3.08. The summed E-state index contributed by atoms with van der Waals surface area (Å²) < 4.78 is 1.82. The van der Waals surface area contributed by atoms with E-state index in [2.05, 4.69) is 5.10 Å². The Balaban J connectivity index is 2.19. The van der Waals surface area contributed by atoms with Crippen LogP contribution in [-0.2, 0) is 6.54 Å². The van der Waals surface area contributed by atoms with Gasteiger partial charge in [-0.2, -0.15) is 5.10 Å². The van der Waals surface area contributed by atoms with Crippen molar-refractivity contribution in [2.45, 2.75) is 6.54 Å². The molecule has 0 amide bonds. The molecule has 1 rings (SSSR count). The van der Waals surface area contributed by atoms with Gasteiger partial charge in [0.15, 0.2) is 5.17 Å². The van der Waals surface area contributed by atoms with Crippen molar-refractivity contribution in [3.63, 3.8) is 0 Å². The van der Waals surface area contributed by atoms with Gasteiger partial charge in [0.2, 0.25) is 0 Å². The van der Waals surface area contributed by atoms with Crippen LogP contribution < -0.4 is 5.73 Å². The molecule has 1 aromatic heterocycles. The van der Waals surface area contributed by atoms with Gasteiger partial charge in [-0.15, -0.1) is 0 Å². The normalized spacial score (nSPS) is 9.82. The first kappa shape index (κ1) is 8.13. The maximum atomic E-state index is 6.93. The Hall–Kier alpha value is -0.970. The largest absolute Gasteiger partial charge is 0.379 e. The Kier molecular flexibility index (Phi) is 2.97. The van der Waals surface area contributed by atoms with Crippen LogP contribution in [0.2, 0.25) is 0 Å². The van der Waals surface area contributed by atoms with E-state index in [1.165, 1.54) is 11.8 Å². The molecule has 0 aliphatic carbocycles. The van der Waals surface area contributed by atoms with Crippen molar-refractivity contribution in [2.24, 2.45) is 5.73 Å². The molecule has 1 aromatic rings. The topological polar surface area (TPSA) is 67.7 Å². The molecular weight excluding hydrogens is 160 g/mol. The van der Waals surface area contributed by atoms with Crippen molar-refractivity contribution in [1.82, 2.24) is 9.78 Å². The van der Waals surface area contributed by atoms with Crippen LogP contribution in [0, 0.1) is 5.41 Å². The standard InChI is InChI=1S/C6H10N4S/c7-6(8)11-5-4-10-3-1-2-9-10/h1-3H,4-5H2,(H3,7,8). The molecular formula is C6H10N4S. The predicted molar refractivity (Wildman–Crippen MR) is 46.6 cm³/mol. The Morgan fingerprint density at radius 1 is 1.73 bits per heavy atom. The Bertz CT molecular complexity index is 218. The number of amidine groups is 1. The van der Waals surface area contributed by atoms with Gasteiger partial charge in [-0.05, 0) is 6.07 Å². The summed E-state index contributed by atoms with van der Waals surface area (Å²) in [5.74, 6) is 0.803. The van der Waals surface area contributed by atoms with Crippen LogP contribution in [0.15, 0.2) is 18.5 Å². The molecule has 4 nitrogen and oxygen atoms in total. The lowest BCUT2D eigenvalue weighted by Crippen LogP contribution is -2.08. The molecule has 1 heterocycles. The van der Waals surface area contributed by atoms with Gasteiger partial charge in [0.1, 0.15) is 0 Å². The van der Waals surface area contributed by atoms with Gasteiger partial charge in [0, 0.05) is 18.1 Å². The summed E-state index contributed by atoms with van der Waals surface area (Å²) in [6.07, 6.45) is 3.62. The maximum Gasteiger partial charge on any atom is 0.151 e. The predicted octanol–water partition coefficient (Wildman–Crippen LogP) is 0.510. The molecule has 0 unspecified atom stereocenters. The Morgan fingerprint density at radius 2 is 2.55 bits per heavy atom. The number of hydrogen-bond donors (Lipinski definition) is 2. The quantitative estimate of drug-likeness (QED) is 0.513. The molecule has 60 valence electrons. The van der Waals surface area contributed by atoms with Gasteiger partial charge in [-0.1, -0.05) is 11.8 Å². The SMILES string of the molecule is N=C(N)SCCn1cccn1. The number of thioether (sulfide) groups is 1. The zero-order valence-corrected chi connectivity index (χ0v) is 6.84. The van der Waals surface area contributed by atoms with Crippen molar-refractivity contribution in [3.8, 4) is 0 Å². The van der Waals surface area contributed by atoms with E-state index in [-0.39, 0.29) is 5.17 Å². The Labute approximate surface area is 69.3 Å². The highest BCUT2D eigenvalue weighted by atomic mass is 32.2. The number of aromatic nitrogens is 2. The second kappa shape index (κ2) is 4.02. The molecule has 0 aliphatic rings. The Morgan fingerprint density at radius 3 is 3.09 bits per heavy atom. The minimum Gasteiger partial charge on any atom is -0.379 e. The highest BCUT2D eigenvalue weighted by Crippen LogP contribution is 1.98. The average Bonchev–Trinajstić information content (AvgIpc) is 2.39. The molecule has 0 saturated heterocycles. The van der Waals surface area contributed by atoms with E-state index in [0.717, 1.165) is 12.3 Å². The van der Waals surface area contributed by atoms with Gasteiger partial charge < -0.3 is 5.73 Å². The van der Waals surface area contributed by atoms with E-state index >= 15 is 0 Å². The van der Waals surface area contributed by atoms with Gasteiger partial charge in [-0.3, -0.25) is 10.1 Å². The number of aryl methyl sites for hydroxylation is 1. The second-order valence-corrected chi connectivity index (χ2v) is 3.12. The zero-order chi connectivity index (χ0) is 8.10. The molecule has 0 fully saturated rings. The third-order valence-corrected chi connectivity index (χ3v) is 1.83. The molecule has 0 saturated carbocycles. The van der Waals surface area contributed by atoms with Gasteiger partial charge in [0.05, 0.1) is 6.54 Å². The van der Waals surface area contributed by atoms with E-state index < -0.39 is 0 Å². The average molecular weight is 170 g/mol. The van der Waals surface area contributed by atoms with Crippen LogP contribution in [0.25, 0.3) is 0 Å². The minimum atomic E-state index is 0.164. The lowest BCUT2D eigenvalue weighted by Gasteiger charge is -1.98. The summed E-state index contributed by atoms with van der Waals surface area (Å²) >= 11 is 1.33. The summed E-state index contributed by atoms with van der Waals surface area (Å²) in [6.45, 7) is 0.803. The number of nitrogens with one attached hydrogen (secondary N) is 1. The first-order valence-corrected chi connectivity index (χ1v) is 4.22. The smallest absolute Gasteiger partial charge is 0.151 e. The third-order valence-electron chi connectivity index (χ3n) is 1.14. The van der Waals surface area contributed by atoms with Gasteiger partial charge >= 0.3 is 0 Å². The fraction of sp³-hybridized carbons (Fsp3) is 0.333. The maximum absolute atomic E-state index is 6.93. The van der Waals surface area contributed by atoms with E-state index in [4.69, 9.17) is 11.1 Å². The number of nitrogens with zero attached hydrogens (tertiary/aromatic N) is 2. The van der Waals surface area contributed by atoms with E-state index in [9.17, 15) is 0 Å². The van der Waals surface area contributed by atoms with Crippen LogP contribution in [-0.4, -0.2) is 20.7 Å². The second-order valence-electron chi connectivity index (χ2n) is 1.98. The fourth-order valence-corrected chi connectivity index (χ4v) is 1.18. The fourth-order valence-electron chi connectivity index (χ4n) is 0.682. The molecule has 11 heavy (non-hydrogen) atoms. The molecule has 0 atom stereocenters. The first-order chi connectivity index (χ1) is 5.29. The number of nitrogens with two attached hydrogens (primary N) is 1. The van der Waals surface area contributed by atoms with Gasteiger partial charge in [-0.25, -0.2) is 0 Å². The molecule has 0 radical (unpaired) electrons. The van der Waals surface area contributed by atoms with Crippen LogP contribution in [0.4, 0.5) is 0 Å². The first-order valence-electron chi connectivity index (χ1n) is 3.23.